The number of amides is 1. The maximum atomic E-state index is 11.1. The van der Waals surface area contributed by atoms with Crippen LogP contribution in [0.4, 0.5) is 4.79 Å². The number of para-hydroxylation sites is 1. The molecule has 3 N–H and O–H groups in total. The molecule has 1 amide bonds. The van der Waals surface area contributed by atoms with E-state index in [-0.39, 0.29) is 6.04 Å². The fourth-order valence-corrected chi connectivity index (χ4v) is 0.826. The number of nitrogens with zero attached hydrogens (tertiary/aromatic N) is 1. The summed E-state index contributed by atoms with van der Waals surface area (Å²) in [6, 6.07) is 8.52. The zero-order valence-corrected chi connectivity index (χ0v) is 8.38. The Kier molecular flexibility index (Phi) is 4.30. The first-order valence-electron chi connectivity index (χ1n) is 4.50. The molecule has 0 aliphatic carbocycles. The van der Waals surface area contributed by atoms with Gasteiger partial charge in [0.25, 0.3) is 0 Å². The van der Waals surface area contributed by atoms with E-state index in [1.807, 2.05) is 6.07 Å². The average molecular weight is 207 g/mol. The van der Waals surface area contributed by atoms with Gasteiger partial charge in [0.2, 0.25) is 0 Å². The van der Waals surface area contributed by atoms with Crippen LogP contribution in [-0.2, 0) is 0 Å². The molecule has 1 unspecified atom stereocenters. The smallest absolute Gasteiger partial charge is 0.409 e. The minimum atomic E-state index is -0.641. The predicted molar refractivity (Wildman–Crippen MR) is 57.7 cm³/mol. The summed E-state index contributed by atoms with van der Waals surface area (Å²) in [5.74, 6) is 0.464. The molecule has 0 aromatic heterocycles. The van der Waals surface area contributed by atoms with Crippen molar-refractivity contribution in [2.75, 3.05) is 0 Å². The second-order valence-electron chi connectivity index (χ2n) is 2.95. The number of hydrogen-bond donors (Lipinski definition) is 2. The van der Waals surface area contributed by atoms with E-state index in [2.05, 4.69) is 10.5 Å². The summed E-state index contributed by atoms with van der Waals surface area (Å²) in [5, 5.41) is 3.59. The van der Waals surface area contributed by atoms with Crippen LogP contribution in [0.25, 0.3) is 0 Å². The third kappa shape index (κ3) is 4.78. The van der Waals surface area contributed by atoms with Crippen LogP contribution in [0.1, 0.15) is 6.92 Å². The van der Waals surface area contributed by atoms with E-state index in [0.29, 0.717) is 5.75 Å². The molecule has 15 heavy (non-hydrogen) atoms. The van der Waals surface area contributed by atoms with Gasteiger partial charge in [-0.1, -0.05) is 18.2 Å². The van der Waals surface area contributed by atoms with Crippen molar-refractivity contribution >= 4 is 12.3 Å². The van der Waals surface area contributed by atoms with Crippen LogP contribution in [0.2, 0.25) is 0 Å². The molecular weight excluding hydrogens is 194 g/mol. The van der Waals surface area contributed by atoms with E-state index in [9.17, 15) is 4.79 Å². The summed E-state index contributed by atoms with van der Waals surface area (Å²) in [7, 11) is 0. The third-order valence-electron chi connectivity index (χ3n) is 1.42. The van der Waals surface area contributed by atoms with E-state index in [1.54, 1.807) is 31.2 Å². The number of benzene rings is 1. The molecule has 0 saturated heterocycles. The van der Waals surface area contributed by atoms with Crippen molar-refractivity contribution in [2.45, 2.75) is 13.0 Å². The van der Waals surface area contributed by atoms with Crippen LogP contribution in [0, 0.1) is 0 Å². The minimum Gasteiger partial charge on any atom is -0.409 e. The molecule has 0 spiro atoms. The number of carbonyl (C=O) groups excluding carboxylic acids is 1. The highest BCUT2D eigenvalue weighted by Crippen LogP contribution is 2.07. The van der Waals surface area contributed by atoms with Crippen LogP contribution in [0.15, 0.2) is 35.4 Å². The Morgan fingerprint density at radius 3 is 2.80 bits per heavy atom. The van der Waals surface area contributed by atoms with Gasteiger partial charge in [0.15, 0.2) is 0 Å². The van der Waals surface area contributed by atoms with Crippen LogP contribution >= 0.6 is 0 Å². The van der Waals surface area contributed by atoms with Gasteiger partial charge in [-0.15, -0.1) is 0 Å². The lowest BCUT2D eigenvalue weighted by atomic mass is 10.3. The fourth-order valence-electron chi connectivity index (χ4n) is 0.826. The van der Waals surface area contributed by atoms with Crippen molar-refractivity contribution in [1.82, 2.24) is 5.43 Å². The van der Waals surface area contributed by atoms with Gasteiger partial charge in [0.05, 0.1) is 0 Å². The Labute approximate surface area is 87.9 Å². The molecule has 5 nitrogen and oxygen atoms in total. The van der Waals surface area contributed by atoms with E-state index in [4.69, 9.17) is 10.5 Å². The maximum absolute atomic E-state index is 11.1. The highest BCUT2D eigenvalue weighted by molar-refractivity contribution is 5.72. The highest BCUT2D eigenvalue weighted by Gasteiger charge is 2.00. The lowest BCUT2D eigenvalue weighted by Gasteiger charge is -2.02. The molecule has 1 aromatic carbocycles. The molecule has 80 valence electrons. The molecule has 5 heteroatoms. The Morgan fingerprint density at radius 2 is 2.20 bits per heavy atom. The molecule has 1 rings (SSSR count). The zero-order chi connectivity index (χ0) is 11.1. The molecule has 0 bridgehead atoms. The second kappa shape index (κ2) is 5.77. The quantitative estimate of drug-likeness (QED) is 0.575. The van der Waals surface area contributed by atoms with Crippen molar-refractivity contribution in [3.05, 3.63) is 30.3 Å². The van der Waals surface area contributed by atoms with Crippen molar-refractivity contribution in [3.8, 4) is 5.75 Å². The minimum absolute atomic E-state index is 0.206. The van der Waals surface area contributed by atoms with Crippen molar-refractivity contribution in [1.29, 1.82) is 0 Å². The average Bonchev–Trinajstić information content (AvgIpc) is 2.18. The zero-order valence-electron chi connectivity index (χ0n) is 8.38. The van der Waals surface area contributed by atoms with E-state index >= 15 is 0 Å². The first-order valence-corrected chi connectivity index (χ1v) is 4.50. The van der Waals surface area contributed by atoms with Crippen LogP contribution in [0.3, 0.4) is 0 Å². The standard InChI is InChI=1S/C10H13N3O2/c1-8(11)7-12-13-10(14)15-9-5-3-2-4-6-9/h2-8H,11H2,1H3,(H,13,14). The summed E-state index contributed by atoms with van der Waals surface area (Å²) >= 11 is 0. The Bertz CT molecular complexity index is 336. The van der Waals surface area contributed by atoms with Crippen molar-refractivity contribution in [3.63, 3.8) is 0 Å². The molecule has 0 fully saturated rings. The molecule has 0 saturated carbocycles. The van der Waals surface area contributed by atoms with Crippen LogP contribution in [0.5, 0.6) is 5.75 Å². The summed E-state index contributed by atoms with van der Waals surface area (Å²) in [4.78, 5) is 11.1. The molecule has 1 aromatic rings. The molecule has 0 aliphatic heterocycles. The van der Waals surface area contributed by atoms with Crippen molar-refractivity contribution < 1.29 is 9.53 Å². The van der Waals surface area contributed by atoms with Gasteiger partial charge in [-0.3, -0.25) is 0 Å². The van der Waals surface area contributed by atoms with Gasteiger partial charge in [-0.05, 0) is 19.1 Å². The summed E-state index contributed by atoms with van der Waals surface area (Å²) < 4.78 is 4.89. The van der Waals surface area contributed by atoms with E-state index < -0.39 is 6.09 Å². The predicted octanol–water partition coefficient (Wildman–Crippen LogP) is 1.11. The van der Waals surface area contributed by atoms with E-state index in [1.165, 1.54) is 6.21 Å². The summed E-state index contributed by atoms with van der Waals surface area (Å²) in [6.07, 6.45) is 0.768. The first kappa shape index (κ1) is 11.2. The SMILES string of the molecule is CC(N)C=NNC(=O)Oc1ccccc1. The molecule has 0 aliphatic rings. The van der Waals surface area contributed by atoms with Gasteiger partial charge in [0.1, 0.15) is 5.75 Å². The third-order valence-corrected chi connectivity index (χ3v) is 1.42. The molecule has 0 radical (unpaired) electrons. The van der Waals surface area contributed by atoms with Gasteiger partial charge >= 0.3 is 6.09 Å². The number of carbonyl (C=O) groups is 1. The number of hydrogen-bond acceptors (Lipinski definition) is 4. The van der Waals surface area contributed by atoms with Crippen LogP contribution < -0.4 is 15.9 Å². The topological polar surface area (TPSA) is 76.7 Å². The number of nitrogens with one attached hydrogen (secondary N) is 1. The van der Waals surface area contributed by atoms with Gasteiger partial charge in [0, 0.05) is 12.3 Å². The number of hydrazone groups is 1. The first-order chi connectivity index (χ1) is 7.18. The number of rotatable bonds is 3. The van der Waals surface area contributed by atoms with Gasteiger partial charge in [-0.25, -0.2) is 10.2 Å². The van der Waals surface area contributed by atoms with Crippen LogP contribution in [-0.4, -0.2) is 18.3 Å². The van der Waals surface area contributed by atoms with Crippen molar-refractivity contribution in [2.24, 2.45) is 10.8 Å². The normalized spacial score (nSPS) is 12.4. The van der Waals surface area contributed by atoms with Gasteiger partial charge < -0.3 is 10.5 Å². The summed E-state index contributed by atoms with van der Waals surface area (Å²) in [5.41, 5.74) is 7.58. The van der Waals surface area contributed by atoms with E-state index in [0.717, 1.165) is 0 Å². The molecule has 0 heterocycles. The fraction of sp³-hybridized carbons (Fsp3) is 0.200. The lowest BCUT2D eigenvalue weighted by molar-refractivity contribution is 0.201. The second-order valence-corrected chi connectivity index (χ2v) is 2.95. The van der Waals surface area contributed by atoms with Gasteiger partial charge in [-0.2, -0.15) is 5.10 Å². The monoisotopic (exact) mass is 207 g/mol. The highest BCUT2D eigenvalue weighted by atomic mass is 16.6. The summed E-state index contributed by atoms with van der Waals surface area (Å²) in [6.45, 7) is 1.74. The lowest BCUT2D eigenvalue weighted by Crippen LogP contribution is -2.24. The largest absolute Gasteiger partial charge is 0.433 e. The molecular formula is C10H13N3O2. The Balaban J connectivity index is 2.37. The number of nitrogens with two attached hydrogens (primary N) is 1. The Morgan fingerprint density at radius 1 is 1.53 bits per heavy atom. The molecule has 1 atom stereocenters. The Hall–Kier alpha value is -1.88. The maximum Gasteiger partial charge on any atom is 0.433 e. The number of ether oxygens (including phenoxy) is 1.